The van der Waals surface area contributed by atoms with Crippen LogP contribution in [0.4, 0.5) is 4.79 Å². The first kappa shape index (κ1) is 26.3. The molecule has 0 aromatic heterocycles. The van der Waals surface area contributed by atoms with Crippen molar-refractivity contribution in [3.63, 3.8) is 0 Å². The summed E-state index contributed by atoms with van der Waals surface area (Å²) in [5.74, 6) is 2.32. The quantitative estimate of drug-likeness (QED) is 0.318. The Labute approximate surface area is 194 Å². The van der Waals surface area contributed by atoms with E-state index in [1.54, 1.807) is 4.90 Å². The standard InChI is InChI=1S/C21H41N5O2.HI/c1-6-28-21(27)26-13-9-18(10-14-26)24-20(22-5)23-15-19(16(2)3)25-11-7-17(4)8-12-25;/h16-19H,6-15H2,1-5H3,(H2,22,23,24);1H. The molecular weight excluding hydrogens is 481 g/mol. The predicted octanol–water partition coefficient (Wildman–Crippen LogP) is 3.15. The molecule has 1 amide bonds. The van der Waals surface area contributed by atoms with Crippen LogP contribution in [0.15, 0.2) is 4.99 Å². The number of aliphatic imine (C=N–C) groups is 1. The highest BCUT2D eigenvalue weighted by Gasteiger charge is 2.27. The maximum Gasteiger partial charge on any atom is 0.409 e. The summed E-state index contributed by atoms with van der Waals surface area (Å²) in [4.78, 5) is 20.7. The average molecular weight is 524 g/mol. The number of nitrogens with one attached hydrogen (secondary N) is 2. The Balaban J connectivity index is 0.00000420. The number of guanidine groups is 1. The molecule has 2 aliphatic rings. The van der Waals surface area contributed by atoms with Gasteiger partial charge in [-0.15, -0.1) is 24.0 Å². The molecule has 2 fully saturated rings. The number of likely N-dealkylation sites (tertiary alicyclic amines) is 2. The van der Waals surface area contributed by atoms with Crippen LogP contribution >= 0.6 is 24.0 Å². The van der Waals surface area contributed by atoms with Gasteiger partial charge in [0.25, 0.3) is 0 Å². The number of hydrogen-bond donors (Lipinski definition) is 2. The molecule has 0 saturated carbocycles. The number of rotatable bonds is 6. The van der Waals surface area contributed by atoms with Gasteiger partial charge in [-0.3, -0.25) is 9.89 Å². The van der Waals surface area contributed by atoms with E-state index < -0.39 is 0 Å². The Hall–Kier alpha value is -0.770. The molecule has 2 heterocycles. The lowest BCUT2D eigenvalue weighted by Gasteiger charge is -2.39. The van der Waals surface area contributed by atoms with Crippen molar-refractivity contribution in [2.24, 2.45) is 16.8 Å². The van der Waals surface area contributed by atoms with E-state index in [2.05, 4.69) is 41.3 Å². The first-order chi connectivity index (χ1) is 13.4. The summed E-state index contributed by atoms with van der Waals surface area (Å²) >= 11 is 0. The lowest BCUT2D eigenvalue weighted by Crippen LogP contribution is -2.54. The van der Waals surface area contributed by atoms with Crippen molar-refractivity contribution in [3.8, 4) is 0 Å². The van der Waals surface area contributed by atoms with E-state index in [1.165, 1.54) is 25.9 Å². The Morgan fingerprint density at radius 2 is 1.76 bits per heavy atom. The van der Waals surface area contributed by atoms with Crippen molar-refractivity contribution in [2.45, 2.75) is 65.5 Å². The third-order valence-corrected chi connectivity index (χ3v) is 6.12. The molecule has 0 bridgehead atoms. The lowest BCUT2D eigenvalue weighted by molar-refractivity contribution is 0.0961. The van der Waals surface area contributed by atoms with Gasteiger partial charge in [0.05, 0.1) is 6.61 Å². The number of piperidine rings is 2. The number of carbonyl (C=O) groups excluding carboxylic acids is 1. The first-order valence-electron chi connectivity index (χ1n) is 11.1. The van der Waals surface area contributed by atoms with E-state index >= 15 is 0 Å². The number of halogens is 1. The molecule has 1 atom stereocenters. The van der Waals surface area contributed by atoms with Gasteiger partial charge in [0, 0.05) is 38.8 Å². The Morgan fingerprint density at radius 3 is 2.28 bits per heavy atom. The average Bonchev–Trinajstić information content (AvgIpc) is 2.69. The van der Waals surface area contributed by atoms with Crippen LogP contribution in [0.25, 0.3) is 0 Å². The zero-order valence-corrected chi connectivity index (χ0v) is 21.3. The highest BCUT2D eigenvalue weighted by Crippen LogP contribution is 2.21. The second kappa shape index (κ2) is 13.5. The molecule has 0 aromatic carbocycles. The highest BCUT2D eigenvalue weighted by molar-refractivity contribution is 14.0. The van der Waals surface area contributed by atoms with E-state index in [4.69, 9.17) is 4.74 Å². The Bertz CT molecular complexity index is 501. The van der Waals surface area contributed by atoms with Crippen molar-refractivity contribution in [1.82, 2.24) is 20.4 Å². The minimum absolute atomic E-state index is 0. The van der Waals surface area contributed by atoms with Crippen LogP contribution in [0, 0.1) is 11.8 Å². The molecule has 1 unspecified atom stereocenters. The van der Waals surface area contributed by atoms with Gasteiger partial charge >= 0.3 is 6.09 Å². The third kappa shape index (κ3) is 8.47. The number of hydrogen-bond acceptors (Lipinski definition) is 4. The van der Waals surface area contributed by atoms with Gasteiger partial charge in [-0.1, -0.05) is 20.8 Å². The van der Waals surface area contributed by atoms with Gasteiger partial charge in [-0.25, -0.2) is 4.79 Å². The minimum Gasteiger partial charge on any atom is -0.450 e. The monoisotopic (exact) mass is 523 g/mol. The van der Waals surface area contributed by atoms with Gasteiger partial charge in [0.1, 0.15) is 0 Å². The molecule has 0 aromatic rings. The largest absolute Gasteiger partial charge is 0.450 e. The van der Waals surface area contributed by atoms with Crippen molar-refractivity contribution in [1.29, 1.82) is 0 Å². The molecule has 2 rings (SSSR count). The zero-order chi connectivity index (χ0) is 20.5. The zero-order valence-electron chi connectivity index (χ0n) is 18.9. The molecule has 29 heavy (non-hydrogen) atoms. The molecule has 0 radical (unpaired) electrons. The van der Waals surface area contributed by atoms with E-state index in [9.17, 15) is 4.79 Å². The summed E-state index contributed by atoms with van der Waals surface area (Å²) in [6.07, 6.45) is 4.23. The van der Waals surface area contributed by atoms with Gasteiger partial charge in [0.2, 0.25) is 0 Å². The van der Waals surface area contributed by atoms with Crippen molar-refractivity contribution in [2.75, 3.05) is 46.4 Å². The van der Waals surface area contributed by atoms with E-state index in [0.717, 1.165) is 44.4 Å². The topological polar surface area (TPSA) is 69.2 Å². The van der Waals surface area contributed by atoms with E-state index in [1.807, 2.05) is 14.0 Å². The second-order valence-corrected chi connectivity index (χ2v) is 8.59. The molecule has 170 valence electrons. The van der Waals surface area contributed by atoms with Crippen LogP contribution in [-0.4, -0.2) is 80.3 Å². The van der Waals surface area contributed by atoms with Crippen LogP contribution < -0.4 is 10.6 Å². The second-order valence-electron chi connectivity index (χ2n) is 8.59. The van der Waals surface area contributed by atoms with Gasteiger partial charge in [-0.05, 0) is 57.5 Å². The fourth-order valence-electron chi connectivity index (χ4n) is 4.16. The summed E-state index contributed by atoms with van der Waals surface area (Å²) in [6.45, 7) is 14.0. The van der Waals surface area contributed by atoms with Crippen molar-refractivity contribution < 1.29 is 9.53 Å². The third-order valence-electron chi connectivity index (χ3n) is 6.12. The minimum atomic E-state index is -0.195. The number of carbonyl (C=O) groups is 1. The van der Waals surface area contributed by atoms with E-state index in [0.29, 0.717) is 24.6 Å². The summed E-state index contributed by atoms with van der Waals surface area (Å²) in [6, 6.07) is 0.863. The maximum atomic E-state index is 11.8. The molecule has 2 saturated heterocycles. The van der Waals surface area contributed by atoms with Crippen LogP contribution in [0.1, 0.15) is 53.4 Å². The van der Waals surface area contributed by atoms with Crippen LogP contribution in [0.2, 0.25) is 0 Å². The Kier molecular flexibility index (Phi) is 12.2. The molecule has 2 aliphatic heterocycles. The number of ether oxygens (including phenoxy) is 1. The number of amides is 1. The SMILES string of the molecule is CCOC(=O)N1CCC(NC(=NC)NCC(C(C)C)N2CCC(C)CC2)CC1.I. The number of nitrogens with zero attached hydrogens (tertiary/aromatic N) is 3. The summed E-state index contributed by atoms with van der Waals surface area (Å²) in [5, 5.41) is 7.10. The normalized spacial score (nSPS) is 20.9. The summed E-state index contributed by atoms with van der Waals surface area (Å²) < 4.78 is 5.10. The maximum absolute atomic E-state index is 11.8. The van der Waals surface area contributed by atoms with Crippen molar-refractivity contribution in [3.05, 3.63) is 0 Å². The predicted molar refractivity (Wildman–Crippen MR) is 130 cm³/mol. The van der Waals surface area contributed by atoms with Gasteiger partial charge < -0.3 is 20.3 Å². The van der Waals surface area contributed by atoms with Crippen LogP contribution in [0.5, 0.6) is 0 Å². The first-order valence-corrected chi connectivity index (χ1v) is 11.1. The Morgan fingerprint density at radius 1 is 1.14 bits per heavy atom. The van der Waals surface area contributed by atoms with E-state index in [-0.39, 0.29) is 30.1 Å². The molecular formula is C21H42IN5O2. The molecule has 0 aliphatic carbocycles. The fourth-order valence-corrected chi connectivity index (χ4v) is 4.16. The molecule has 8 heteroatoms. The fraction of sp³-hybridized carbons (Fsp3) is 0.905. The van der Waals surface area contributed by atoms with Crippen molar-refractivity contribution >= 4 is 36.0 Å². The van der Waals surface area contributed by atoms with Gasteiger partial charge in [-0.2, -0.15) is 0 Å². The lowest BCUT2D eigenvalue weighted by atomic mass is 9.94. The van der Waals surface area contributed by atoms with Crippen LogP contribution in [0.3, 0.4) is 0 Å². The smallest absolute Gasteiger partial charge is 0.409 e. The molecule has 2 N–H and O–H groups in total. The summed E-state index contributed by atoms with van der Waals surface area (Å²) in [7, 11) is 1.83. The molecule has 0 spiro atoms. The summed E-state index contributed by atoms with van der Waals surface area (Å²) in [5.41, 5.74) is 0. The van der Waals surface area contributed by atoms with Gasteiger partial charge in [0.15, 0.2) is 5.96 Å². The molecule has 7 nitrogen and oxygen atoms in total. The highest BCUT2D eigenvalue weighted by atomic mass is 127. The van der Waals surface area contributed by atoms with Crippen LogP contribution in [-0.2, 0) is 4.74 Å².